The Labute approximate surface area is 132 Å². The summed E-state index contributed by atoms with van der Waals surface area (Å²) in [5.41, 5.74) is 1.80. The number of hydrogen-bond acceptors (Lipinski definition) is 2. The number of hydrogen-bond donors (Lipinski definition) is 1. The number of benzene rings is 1. The number of ether oxygens (including phenoxy) is 1. The van der Waals surface area contributed by atoms with Gasteiger partial charge in [-0.25, -0.2) is 0 Å². The molecule has 2 rings (SSSR count). The number of nitrogens with one attached hydrogen (secondary N) is 1. The highest BCUT2D eigenvalue weighted by Crippen LogP contribution is 2.29. The van der Waals surface area contributed by atoms with Crippen molar-refractivity contribution in [2.75, 3.05) is 13.2 Å². The molecule has 2 aromatic rings. The Balaban J connectivity index is 2.47. The van der Waals surface area contributed by atoms with Crippen molar-refractivity contribution in [3.63, 3.8) is 0 Å². The molecule has 1 aromatic carbocycles. The Morgan fingerprint density at radius 2 is 2.05 bits per heavy atom. The monoisotopic (exact) mass is 302 g/mol. The fraction of sp³-hybridized carbons (Fsp3) is 0.500. The molecule has 120 valence electrons. The van der Waals surface area contributed by atoms with Gasteiger partial charge in [0.1, 0.15) is 11.4 Å². The van der Waals surface area contributed by atoms with Crippen LogP contribution in [-0.4, -0.2) is 23.6 Å². The smallest absolute Gasteiger partial charge is 0.267 e. The normalized spacial score (nSPS) is 10.9. The van der Waals surface area contributed by atoms with E-state index in [-0.39, 0.29) is 5.91 Å². The molecule has 1 N–H and O–H groups in total. The number of carbonyl (C=O) groups excluding carboxylic acids is 1. The number of fused-ring (bicyclic) bond motifs is 1. The minimum atomic E-state index is -0.00315. The highest BCUT2D eigenvalue weighted by atomic mass is 16.5. The van der Waals surface area contributed by atoms with Crippen molar-refractivity contribution in [2.45, 2.75) is 46.6 Å². The van der Waals surface area contributed by atoms with Crippen molar-refractivity contribution in [1.29, 1.82) is 0 Å². The Morgan fingerprint density at radius 1 is 1.23 bits per heavy atom. The van der Waals surface area contributed by atoms with Gasteiger partial charge in [0.2, 0.25) is 0 Å². The first-order chi connectivity index (χ1) is 10.7. The number of carbonyl (C=O) groups is 1. The molecule has 0 aliphatic rings. The van der Waals surface area contributed by atoms with Gasteiger partial charge in [-0.3, -0.25) is 4.79 Å². The van der Waals surface area contributed by atoms with E-state index in [4.69, 9.17) is 4.74 Å². The number of amides is 1. The molecule has 22 heavy (non-hydrogen) atoms. The van der Waals surface area contributed by atoms with E-state index in [0.717, 1.165) is 48.2 Å². The maximum Gasteiger partial charge on any atom is 0.267 e. The summed E-state index contributed by atoms with van der Waals surface area (Å²) in [6.07, 6.45) is 3.09. The molecule has 1 amide bonds. The summed E-state index contributed by atoms with van der Waals surface area (Å²) in [6, 6.07) is 7.97. The molecule has 4 nitrogen and oxygen atoms in total. The Hall–Kier alpha value is -1.97. The van der Waals surface area contributed by atoms with Crippen molar-refractivity contribution >= 4 is 16.8 Å². The molecule has 0 spiro atoms. The number of aromatic nitrogens is 1. The maximum atomic E-state index is 12.5. The van der Waals surface area contributed by atoms with E-state index in [1.54, 1.807) is 0 Å². The van der Waals surface area contributed by atoms with E-state index in [1.165, 1.54) is 0 Å². The number of aryl methyl sites for hydroxylation is 1. The first-order valence-corrected chi connectivity index (χ1v) is 8.26. The number of rotatable bonds is 8. The predicted molar refractivity (Wildman–Crippen MR) is 90.6 cm³/mol. The maximum absolute atomic E-state index is 12.5. The van der Waals surface area contributed by atoms with Gasteiger partial charge in [-0.05, 0) is 38.0 Å². The summed E-state index contributed by atoms with van der Waals surface area (Å²) in [5, 5.41) is 3.99. The third kappa shape index (κ3) is 3.43. The first-order valence-electron chi connectivity index (χ1n) is 8.26. The zero-order chi connectivity index (χ0) is 15.9. The fourth-order valence-electron chi connectivity index (χ4n) is 2.61. The SMILES string of the molecule is CCCCn1c(C(=O)NCCC)cc2c(OCC)cccc21. The Bertz CT molecular complexity index is 631. The van der Waals surface area contributed by atoms with Gasteiger partial charge in [0.05, 0.1) is 12.1 Å². The van der Waals surface area contributed by atoms with E-state index < -0.39 is 0 Å². The van der Waals surface area contributed by atoms with E-state index in [2.05, 4.69) is 29.8 Å². The number of nitrogens with zero attached hydrogens (tertiary/aromatic N) is 1. The zero-order valence-electron chi connectivity index (χ0n) is 13.8. The van der Waals surface area contributed by atoms with Gasteiger partial charge in [0, 0.05) is 18.5 Å². The van der Waals surface area contributed by atoms with Crippen LogP contribution in [0, 0.1) is 0 Å². The van der Waals surface area contributed by atoms with E-state index >= 15 is 0 Å². The third-order valence-corrected chi connectivity index (χ3v) is 3.71. The van der Waals surface area contributed by atoms with Gasteiger partial charge in [0.25, 0.3) is 5.91 Å². The lowest BCUT2D eigenvalue weighted by atomic mass is 10.2. The summed E-state index contributed by atoms with van der Waals surface area (Å²) in [5.74, 6) is 0.844. The lowest BCUT2D eigenvalue weighted by Crippen LogP contribution is -2.26. The van der Waals surface area contributed by atoms with Gasteiger partial charge in [-0.2, -0.15) is 0 Å². The van der Waals surface area contributed by atoms with Crippen LogP contribution < -0.4 is 10.1 Å². The first kappa shape index (κ1) is 16.4. The molecular formula is C18H26N2O2. The lowest BCUT2D eigenvalue weighted by molar-refractivity contribution is 0.0944. The van der Waals surface area contributed by atoms with Crippen molar-refractivity contribution in [3.05, 3.63) is 30.0 Å². The second kappa shape index (κ2) is 7.87. The molecule has 0 aliphatic heterocycles. The highest BCUT2D eigenvalue weighted by Gasteiger charge is 2.17. The van der Waals surface area contributed by atoms with Gasteiger partial charge in [-0.1, -0.05) is 26.3 Å². The van der Waals surface area contributed by atoms with Crippen molar-refractivity contribution in [1.82, 2.24) is 9.88 Å². The number of unbranched alkanes of at least 4 members (excludes halogenated alkanes) is 1. The van der Waals surface area contributed by atoms with Crippen LogP contribution >= 0.6 is 0 Å². The molecule has 0 atom stereocenters. The molecule has 0 radical (unpaired) electrons. The van der Waals surface area contributed by atoms with Crippen molar-refractivity contribution < 1.29 is 9.53 Å². The van der Waals surface area contributed by atoms with Gasteiger partial charge in [0.15, 0.2) is 0 Å². The van der Waals surface area contributed by atoms with Crippen LogP contribution in [0.25, 0.3) is 10.9 Å². The molecule has 0 saturated heterocycles. The molecule has 1 heterocycles. The van der Waals surface area contributed by atoms with E-state index in [1.807, 2.05) is 25.1 Å². The molecule has 0 fully saturated rings. The summed E-state index contributed by atoms with van der Waals surface area (Å²) >= 11 is 0. The van der Waals surface area contributed by atoms with E-state index in [9.17, 15) is 4.79 Å². The average Bonchev–Trinajstić information content (AvgIpc) is 2.90. The topological polar surface area (TPSA) is 43.3 Å². The molecule has 0 unspecified atom stereocenters. The highest BCUT2D eigenvalue weighted by molar-refractivity contribution is 6.00. The summed E-state index contributed by atoms with van der Waals surface area (Å²) < 4.78 is 7.83. The molecule has 4 heteroatoms. The average molecular weight is 302 g/mol. The summed E-state index contributed by atoms with van der Waals surface area (Å²) in [4.78, 5) is 12.5. The Kier molecular flexibility index (Phi) is 5.87. The quantitative estimate of drug-likeness (QED) is 0.801. The molecule has 0 bridgehead atoms. The lowest BCUT2D eigenvalue weighted by Gasteiger charge is -2.10. The summed E-state index contributed by atoms with van der Waals surface area (Å²) in [6.45, 7) is 8.36. The summed E-state index contributed by atoms with van der Waals surface area (Å²) in [7, 11) is 0. The zero-order valence-corrected chi connectivity index (χ0v) is 13.8. The van der Waals surface area contributed by atoms with Crippen LogP contribution in [-0.2, 0) is 6.54 Å². The third-order valence-electron chi connectivity index (χ3n) is 3.71. The second-order valence-corrected chi connectivity index (χ2v) is 5.41. The molecule has 0 aliphatic carbocycles. The Morgan fingerprint density at radius 3 is 2.73 bits per heavy atom. The van der Waals surface area contributed by atoms with Crippen LogP contribution in [0.3, 0.4) is 0 Å². The van der Waals surface area contributed by atoms with E-state index in [0.29, 0.717) is 13.2 Å². The van der Waals surface area contributed by atoms with Crippen molar-refractivity contribution in [3.8, 4) is 5.75 Å². The standard InChI is InChI=1S/C18H26N2O2/c1-4-7-12-20-15-9-8-10-17(22-6-3)14(15)13-16(20)18(21)19-11-5-2/h8-10,13H,4-7,11-12H2,1-3H3,(H,19,21). The van der Waals surface area contributed by atoms with Gasteiger partial charge < -0.3 is 14.6 Å². The van der Waals surface area contributed by atoms with Crippen LogP contribution in [0.1, 0.15) is 50.5 Å². The minimum absolute atomic E-state index is 0.00315. The molecule has 1 aromatic heterocycles. The molecular weight excluding hydrogens is 276 g/mol. The predicted octanol–water partition coefficient (Wildman–Crippen LogP) is 3.98. The molecule has 0 saturated carbocycles. The largest absolute Gasteiger partial charge is 0.493 e. The van der Waals surface area contributed by atoms with Gasteiger partial charge in [-0.15, -0.1) is 0 Å². The van der Waals surface area contributed by atoms with Crippen LogP contribution in [0.5, 0.6) is 5.75 Å². The van der Waals surface area contributed by atoms with Gasteiger partial charge >= 0.3 is 0 Å². The second-order valence-electron chi connectivity index (χ2n) is 5.41. The van der Waals surface area contributed by atoms with Crippen molar-refractivity contribution in [2.24, 2.45) is 0 Å². The minimum Gasteiger partial charge on any atom is -0.493 e. The van der Waals surface area contributed by atoms with Crippen LogP contribution in [0.15, 0.2) is 24.3 Å². The van der Waals surface area contributed by atoms with Crippen LogP contribution in [0.2, 0.25) is 0 Å². The van der Waals surface area contributed by atoms with Crippen LogP contribution in [0.4, 0.5) is 0 Å². The fourth-order valence-corrected chi connectivity index (χ4v) is 2.61.